The summed E-state index contributed by atoms with van der Waals surface area (Å²) >= 11 is 18.3. The van der Waals surface area contributed by atoms with Crippen molar-refractivity contribution in [3.05, 3.63) is 45.9 Å². The summed E-state index contributed by atoms with van der Waals surface area (Å²) in [7, 11) is 0. The standard InChI is InChI=1S/C16H19Cl2N3OS/c1-10(12-5-3-4-6-13(12)17)16(22,15(18)7-8-15)11(2)21-14(23)19-9-20-21/h3-6,9-11,22H,7-8H2,1-2H3,(H,19,20,23). The van der Waals surface area contributed by atoms with E-state index in [0.29, 0.717) is 9.79 Å². The number of nitrogens with one attached hydrogen (secondary N) is 1. The molecule has 0 aliphatic heterocycles. The molecule has 0 amide bonds. The minimum absolute atomic E-state index is 0.267. The van der Waals surface area contributed by atoms with E-state index < -0.39 is 10.5 Å². The quantitative estimate of drug-likeness (QED) is 0.602. The molecule has 1 fully saturated rings. The van der Waals surface area contributed by atoms with Gasteiger partial charge in [0, 0.05) is 10.9 Å². The highest BCUT2D eigenvalue weighted by Gasteiger charge is 2.63. The lowest BCUT2D eigenvalue weighted by Gasteiger charge is -2.43. The second-order valence-electron chi connectivity index (χ2n) is 6.25. The highest BCUT2D eigenvalue weighted by molar-refractivity contribution is 7.71. The Morgan fingerprint density at radius 3 is 2.57 bits per heavy atom. The third kappa shape index (κ3) is 2.64. The number of H-pyrrole nitrogens is 1. The van der Waals surface area contributed by atoms with Gasteiger partial charge in [0.25, 0.3) is 0 Å². The third-order valence-electron chi connectivity index (χ3n) is 5.04. The van der Waals surface area contributed by atoms with Crippen LogP contribution in [-0.4, -0.2) is 30.3 Å². The number of rotatable bonds is 5. The van der Waals surface area contributed by atoms with E-state index in [0.717, 1.165) is 18.4 Å². The van der Waals surface area contributed by atoms with Crippen LogP contribution in [-0.2, 0) is 0 Å². The smallest absolute Gasteiger partial charge is 0.216 e. The van der Waals surface area contributed by atoms with Crippen LogP contribution in [0.5, 0.6) is 0 Å². The first-order valence-electron chi connectivity index (χ1n) is 7.59. The Kier molecular flexibility index (Phi) is 4.34. The molecule has 4 nitrogen and oxygen atoms in total. The zero-order chi connectivity index (χ0) is 16.8. The van der Waals surface area contributed by atoms with Crippen LogP contribution in [0.4, 0.5) is 0 Å². The molecule has 0 radical (unpaired) electrons. The number of aromatic nitrogens is 3. The van der Waals surface area contributed by atoms with E-state index in [-0.39, 0.29) is 12.0 Å². The molecule has 0 saturated heterocycles. The number of aromatic amines is 1. The fraction of sp³-hybridized carbons (Fsp3) is 0.500. The van der Waals surface area contributed by atoms with Crippen LogP contribution in [0, 0.1) is 4.77 Å². The van der Waals surface area contributed by atoms with Crippen molar-refractivity contribution in [1.82, 2.24) is 14.8 Å². The minimum atomic E-state index is -1.22. The van der Waals surface area contributed by atoms with Gasteiger partial charge in [-0.3, -0.25) is 9.78 Å². The van der Waals surface area contributed by atoms with Gasteiger partial charge < -0.3 is 5.11 Å². The van der Waals surface area contributed by atoms with Crippen LogP contribution < -0.4 is 0 Å². The molecule has 1 aliphatic carbocycles. The van der Waals surface area contributed by atoms with E-state index in [2.05, 4.69) is 10.1 Å². The largest absolute Gasteiger partial charge is 0.385 e. The highest BCUT2D eigenvalue weighted by Crippen LogP contribution is 2.60. The number of nitrogens with zero attached hydrogens (tertiary/aromatic N) is 2. The molecule has 1 aromatic carbocycles. The monoisotopic (exact) mass is 371 g/mol. The molecule has 0 bridgehead atoms. The maximum Gasteiger partial charge on any atom is 0.216 e. The van der Waals surface area contributed by atoms with Crippen molar-refractivity contribution in [3.63, 3.8) is 0 Å². The summed E-state index contributed by atoms with van der Waals surface area (Å²) in [5.41, 5.74) is -0.342. The Morgan fingerprint density at radius 1 is 1.39 bits per heavy atom. The Morgan fingerprint density at radius 2 is 2.04 bits per heavy atom. The Labute approximate surface area is 150 Å². The molecule has 1 heterocycles. The van der Waals surface area contributed by atoms with Crippen molar-refractivity contribution in [2.45, 2.75) is 49.1 Å². The van der Waals surface area contributed by atoms with Crippen LogP contribution in [0.2, 0.25) is 5.02 Å². The van der Waals surface area contributed by atoms with Gasteiger partial charge in [0.15, 0.2) is 0 Å². The summed E-state index contributed by atoms with van der Waals surface area (Å²) in [5, 5.41) is 15.3. The van der Waals surface area contributed by atoms with Crippen molar-refractivity contribution >= 4 is 35.4 Å². The molecule has 124 valence electrons. The SMILES string of the molecule is CC(c1ccccc1Cl)C(O)(C(C)n1[nH]cnc1=S)C1(Cl)CC1. The molecular formula is C16H19Cl2N3OS. The number of hydrogen-bond acceptors (Lipinski definition) is 3. The summed E-state index contributed by atoms with van der Waals surface area (Å²) in [4.78, 5) is 3.36. The van der Waals surface area contributed by atoms with E-state index in [1.807, 2.05) is 38.1 Å². The molecule has 2 N–H and O–H groups in total. The van der Waals surface area contributed by atoms with E-state index in [1.54, 1.807) is 4.68 Å². The molecule has 0 spiro atoms. The van der Waals surface area contributed by atoms with Gasteiger partial charge in [0.1, 0.15) is 11.9 Å². The van der Waals surface area contributed by atoms with Crippen LogP contribution in [0.3, 0.4) is 0 Å². The maximum absolute atomic E-state index is 11.7. The summed E-state index contributed by atoms with van der Waals surface area (Å²) in [6.45, 7) is 3.86. The van der Waals surface area contributed by atoms with Gasteiger partial charge in [0.2, 0.25) is 4.77 Å². The Balaban J connectivity index is 2.10. The first-order valence-corrected chi connectivity index (χ1v) is 8.75. The van der Waals surface area contributed by atoms with Crippen LogP contribution in [0.25, 0.3) is 0 Å². The lowest BCUT2D eigenvalue weighted by molar-refractivity contribution is -0.0419. The van der Waals surface area contributed by atoms with E-state index in [4.69, 9.17) is 35.4 Å². The third-order valence-corrected chi connectivity index (χ3v) is 6.37. The van der Waals surface area contributed by atoms with Gasteiger partial charge in [-0.1, -0.05) is 36.7 Å². The molecule has 3 rings (SSSR count). The van der Waals surface area contributed by atoms with Crippen molar-refractivity contribution in [2.24, 2.45) is 0 Å². The van der Waals surface area contributed by atoms with E-state index >= 15 is 0 Å². The molecule has 2 aromatic rings. The first-order chi connectivity index (χ1) is 10.8. The second kappa shape index (κ2) is 5.88. The summed E-state index contributed by atoms with van der Waals surface area (Å²) in [5.74, 6) is -0.267. The van der Waals surface area contributed by atoms with Gasteiger partial charge in [0.05, 0.1) is 10.9 Å². The number of alkyl halides is 1. The van der Waals surface area contributed by atoms with Crippen molar-refractivity contribution in [3.8, 4) is 0 Å². The maximum atomic E-state index is 11.7. The molecular weight excluding hydrogens is 353 g/mol. The molecule has 1 saturated carbocycles. The van der Waals surface area contributed by atoms with Crippen LogP contribution in [0.15, 0.2) is 30.6 Å². The van der Waals surface area contributed by atoms with Crippen molar-refractivity contribution in [1.29, 1.82) is 0 Å². The summed E-state index contributed by atoms with van der Waals surface area (Å²) in [6.07, 6.45) is 3.03. The number of benzene rings is 1. The van der Waals surface area contributed by atoms with E-state index in [9.17, 15) is 5.11 Å². The van der Waals surface area contributed by atoms with Crippen molar-refractivity contribution in [2.75, 3.05) is 0 Å². The molecule has 7 heteroatoms. The predicted octanol–water partition coefficient (Wildman–Crippen LogP) is 4.46. The minimum Gasteiger partial charge on any atom is -0.385 e. The van der Waals surface area contributed by atoms with Crippen LogP contribution in [0.1, 0.15) is 44.2 Å². The van der Waals surface area contributed by atoms with Gasteiger partial charge in [-0.15, -0.1) is 11.6 Å². The van der Waals surface area contributed by atoms with Gasteiger partial charge in [-0.2, -0.15) is 0 Å². The average Bonchev–Trinajstić information content (AvgIpc) is 3.15. The Hall–Kier alpha value is -0.880. The average molecular weight is 372 g/mol. The van der Waals surface area contributed by atoms with Gasteiger partial charge >= 0.3 is 0 Å². The lowest BCUT2D eigenvalue weighted by Crippen LogP contribution is -2.52. The molecule has 3 unspecified atom stereocenters. The number of halogens is 2. The molecule has 23 heavy (non-hydrogen) atoms. The highest BCUT2D eigenvalue weighted by atomic mass is 35.5. The first kappa shape index (κ1) is 17.0. The van der Waals surface area contributed by atoms with Crippen LogP contribution >= 0.6 is 35.4 Å². The number of aliphatic hydroxyl groups is 1. The molecule has 3 atom stereocenters. The van der Waals surface area contributed by atoms with E-state index in [1.165, 1.54) is 6.33 Å². The summed E-state index contributed by atoms with van der Waals surface area (Å²) < 4.78 is 2.08. The fourth-order valence-electron chi connectivity index (χ4n) is 3.44. The number of hydrogen-bond donors (Lipinski definition) is 2. The topological polar surface area (TPSA) is 53.8 Å². The zero-order valence-electron chi connectivity index (χ0n) is 13.0. The lowest BCUT2D eigenvalue weighted by atomic mass is 9.75. The second-order valence-corrected chi connectivity index (χ2v) is 7.75. The van der Waals surface area contributed by atoms with Gasteiger partial charge in [-0.25, -0.2) is 4.98 Å². The molecule has 1 aliphatic rings. The van der Waals surface area contributed by atoms with Gasteiger partial charge in [-0.05, 0) is 43.6 Å². The predicted molar refractivity (Wildman–Crippen MR) is 94.8 cm³/mol. The summed E-state index contributed by atoms with van der Waals surface area (Å²) in [6, 6.07) is 7.18. The van der Waals surface area contributed by atoms with Crippen molar-refractivity contribution < 1.29 is 5.11 Å². The fourth-order valence-corrected chi connectivity index (χ4v) is 4.41. The zero-order valence-corrected chi connectivity index (χ0v) is 15.3. The molecule has 1 aromatic heterocycles. The normalized spacial score (nSPS) is 21.4. The Bertz CT molecular complexity index is 770.